The smallest absolute Gasteiger partial charge is 0.346 e. The van der Waals surface area contributed by atoms with Gasteiger partial charge in [0.15, 0.2) is 0 Å². The van der Waals surface area contributed by atoms with E-state index in [-0.39, 0.29) is 0 Å². The predicted octanol–water partition coefficient (Wildman–Crippen LogP) is 0.326. The molecule has 1 aliphatic heterocycles. The lowest BCUT2D eigenvalue weighted by Gasteiger charge is -1.89. The molecule has 1 aliphatic carbocycles. The fourth-order valence-electron chi connectivity index (χ4n) is 1.09. The third-order valence-corrected chi connectivity index (χ3v) is 1.58. The molecule has 0 saturated carbocycles. The molecule has 1 heterocycles. The van der Waals surface area contributed by atoms with Crippen LogP contribution in [0, 0.1) is 0 Å². The summed E-state index contributed by atoms with van der Waals surface area (Å²) in [5.74, 6) is -0.987. The first-order valence-corrected chi connectivity index (χ1v) is 2.95. The predicted molar refractivity (Wildman–Crippen MR) is 31.9 cm³/mol. The van der Waals surface area contributed by atoms with Gasteiger partial charge in [-0.05, 0) is 6.42 Å². The van der Waals surface area contributed by atoms with E-state index in [0.29, 0.717) is 17.6 Å². The fourth-order valence-corrected chi connectivity index (χ4v) is 1.09. The van der Waals surface area contributed by atoms with Crippen molar-refractivity contribution in [1.29, 1.82) is 0 Å². The minimum Gasteiger partial charge on any atom is -0.386 e. The first kappa shape index (κ1) is 5.41. The van der Waals surface area contributed by atoms with Crippen LogP contribution in [0.3, 0.4) is 0 Å². The van der Waals surface area contributed by atoms with Crippen LogP contribution in [0.4, 0.5) is 0 Å². The zero-order valence-electron chi connectivity index (χ0n) is 5.09. The molecule has 0 spiro atoms. The van der Waals surface area contributed by atoms with Crippen molar-refractivity contribution in [3.05, 3.63) is 23.3 Å². The summed E-state index contributed by atoms with van der Waals surface area (Å²) < 4.78 is 4.33. The van der Waals surface area contributed by atoms with E-state index in [9.17, 15) is 9.59 Å². The topological polar surface area (TPSA) is 43.4 Å². The summed E-state index contributed by atoms with van der Waals surface area (Å²) >= 11 is 0. The summed E-state index contributed by atoms with van der Waals surface area (Å²) in [5, 5.41) is 0. The molecule has 0 fully saturated rings. The number of esters is 2. The quantitative estimate of drug-likeness (QED) is 0.356. The van der Waals surface area contributed by atoms with Crippen LogP contribution in [-0.2, 0) is 14.3 Å². The molecular weight excluding hydrogens is 132 g/mol. The second kappa shape index (κ2) is 1.56. The van der Waals surface area contributed by atoms with E-state index in [0.717, 1.165) is 0 Å². The fraction of sp³-hybridized carbons (Fsp3) is 0.143. The number of ether oxygens (including phenoxy) is 1. The van der Waals surface area contributed by atoms with Gasteiger partial charge in [-0.3, -0.25) is 0 Å². The molecule has 0 aromatic rings. The van der Waals surface area contributed by atoms with Crippen molar-refractivity contribution in [3.63, 3.8) is 0 Å². The molecule has 3 heteroatoms. The molecule has 0 saturated heterocycles. The Balaban J connectivity index is 2.52. The van der Waals surface area contributed by atoms with Crippen molar-refractivity contribution in [2.45, 2.75) is 6.42 Å². The van der Waals surface area contributed by atoms with Crippen LogP contribution < -0.4 is 0 Å². The Hall–Kier alpha value is -1.38. The standard InChI is InChI=1S/C7H4O3/c8-6-4-2-1-3-5(4)7(9)10-6/h1-2H,3H2. The Morgan fingerprint density at radius 2 is 2.10 bits per heavy atom. The minimum atomic E-state index is -0.506. The lowest BCUT2D eigenvalue weighted by Crippen LogP contribution is -2.02. The van der Waals surface area contributed by atoms with Gasteiger partial charge in [0.25, 0.3) is 0 Å². The summed E-state index contributed by atoms with van der Waals surface area (Å²) in [7, 11) is 0. The van der Waals surface area contributed by atoms with E-state index in [4.69, 9.17) is 0 Å². The average Bonchev–Trinajstić information content (AvgIpc) is 2.39. The Labute approximate surface area is 57.0 Å². The van der Waals surface area contributed by atoms with E-state index in [1.165, 1.54) is 0 Å². The van der Waals surface area contributed by atoms with E-state index in [2.05, 4.69) is 4.74 Å². The summed E-state index contributed by atoms with van der Waals surface area (Å²) in [6.45, 7) is 0. The van der Waals surface area contributed by atoms with Gasteiger partial charge in [0, 0.05) is 0 Å². The normalized spacial score (nSPS) is 22.0. The van der Waals surface area contributed by atoms with Crippen LogP contribution in [0.25, 0.3) is 0 Å². The van der Waals surface area contributed by atoms with Crippen LogP contribution in [0.1, 0.15) is 6.42 Å². The largest absolute Gasteiger partial charge is 0.386 e. The highest BCUT2D eigenvalue weighted by atomic mass is 16.6. The molecule has 0 radical (unpaired) electrons. The Morgan fingerprint density at radius 3 is 2.80 bits per heavy atom. The number of allylic oxidation sites excluding steroid dienone is 1. The van der Waals surface area contributed by atoms with E-state index in [1.807, 2.05) is 0 Å². The van der Waals surface area contributed by atoms with Gasteiger partial charge < -0.3 is 4.74 Å². The highest BCUT2D eigenvalue weighted by Crippen LogP contribution is 2.26. The molecule has 50 valence electrons. The van der Waals surface area contributed by atoms with E-state index >= 15 is 0 Å². The van der Waals surface area contributed by atoms with Crippen LogP contribution in [-0.4, -0.2) is 11.9 Å². The number of carbonyl (C=O) groups excluding carboxylic acids is 2. The Bertz CT molecular complexity index is 283. The first-order chi connectivity index (χ1) is 4.79. The summed E-state index contributed by atoms with van der Waals surface area (Å²) in [6.07, 6.45) is 3.95. The maximum absolute atomic E-state index is 10.7. The maximum atomic E-state index is 10.7. The van der Waals surface area contributed by atoms with Crippen LogP contribution in [0.5, 0.6) is 0 Å². The average molecular weight is 136 g/mol. The third kappa shape index (κ3) is 0.492. The number of rotatable bonds is 0. The minimum absolute atomic E-state index is 0.435. The first-order valence-electron chi connectivity index (χ1n) is 2.95. The van der Waals surface area contributed by atoms with Crippen molar-refractivity contribution < 1.29 is 14.3 Å². The van der Waals surface area contributed by atoms with Gasteiger partial charge in [-0.15, -0.1) is 0 Å². The van der Waals surface area contributed by atoms with E-state index < -0.39 is 11.9 Å². The zero-order chi connectivity index (χ0) is 7.14. The van der Waals surface area contributed by atoms with Crippen molar-refractivity contribution in [2.75, 3.05) is 0 Å². The molecule has 3 nitrogen and oxygen atoms in total. The van der Waals surface area contributed by atoms with Gasteiger partial charge in [-0.1, -0.05) is 12.2 Å². The van der Waals surface area contributed by atoms with Crippen molar-refractivity contribution >= 4 is 11.9 Å². The second-order valence-electron chi connectivity index (χ2n) is 2.18. The molecule has 0 atom stereocenters. The van der Waals surface area contributed by atoms with Crippen LogP contribution >= 0.6 is 0 Å². The van der Waals surface area contributed by atoms with Gasteiger partial charge in [0.05, 0.1) is 11.1 Å². The summed E-state index contributed by atoms with van der Waals surface area (Å²) in [4.78, 5) is 21.4. The molecule has 2 rings (SSSR count). The highest BCUT2D eigenvalue weighted by Gasteiger charge is 2.32. The van der Waals surface area contributed by atoms with Gasteiger partial charge in [0.2, 0.25) is 0 Å². The molecule has 0 bridgehead atoms. The molecule has 0 aromatic carbocycles. The SMILES string of the molecule is O=C1OC(=O)C2=C1C=CC2. The number of hydrogen-bond donors (Lipinski definition) is 0. The van der Waals surface area contributed by atoms with Gasteiger partial charge in [-0.2, -0.15) is 0 Å². The zero-order valence-corrected chi connectivity index (χ0v) is 5.09. The maximum Gasteiger partial charge on any atom is 0.346 e. The molecule has 0 unspecified atom stereocenters. The lowest BCUT2D eigenvalue weighted by molar-refractivity contribution is -0.151. The molecule has 0 aromatic heterocycles. The van der Waals surface area contributed by atoms with Crippen molar-refractivity contribution in [3.8, 4) is 0 Å². The monoisotopic (exact) mass is 136 g/mol. The number of hydrogen-bond acceptors (Lipinski definition) is 3. The Morgan fingerprint density at radius 1 is 1.30 bits per heavy atom. The van der Waals surface area contributed by atoms with Gasteiger partial charge in [0.1, 0.15) is 0 Å². The molecule has 10 heavy (non-hydrogen) atoms. The second-order valence-corrected chi connectivity index (χ2v) is 2.18. The highest BCUT2D eigenvalue weighted by molar-refractivity contribution is 6.14. The summed E-state index contributed by atoms with van der Waals surface area (Å²) in [5.41, 5.74) is 0.940. The lowest BCUT2D eigenvalue weighted by atomic mass is 10.2. The van der Waals surface area contributed by atoms with Crippen LogP contribution in [0.2, 0.25) is 0 Å². The third-order valence-electron chi connectivity index (χ3n) is 1.58. The summed E-state index contributed by atoms with van der Waals surface area (Å²) in [6, 6.07) is 0. The van der Waals surface area contributed by atoms with Crippen LogP contribution in [0.15, 0.2) is 23.3 Å². The number of cyclic esters (lactones) is 2. The molecule has 0 amide bonds. The van der Waals surface area contributed by atoms with Crippen molar-refractivity contribution in [2.24, 2.45) is 0 Å². The molecular formula is C7H4O3. The molecule has 0 N–H and O–H groups in total. The number of carbonyl (C=O) groups is 2. The molecule has 2 aliphatic rings. The van der Waals surface area contributed by atoms with E-state index in [1.54, 1.807) is 12.2 Å². The van der Waals surface area contributed by atoms with Gasteiger partial charge >= 0.3 is 11.9 Å². The van der Waals surface area contributed by atoms with Crippen molar-refractivity contribution in [1.82, 2.24) is 0 Å². The Kier molecular flexibility index (Phi) is 0.845. The van der Waals surface area contributed by atoms with Gasteiger partial charge in [-0.25, -0.2) is 9.59 Å².